The summed E-state index contributed by atoms with van der Waals surface area (Å²) in [6.07, 6.45) is 11.4. The second-order valence-electron chi connectivity index (χ2n) is 4.71. The fourth-order valence-electron chi connectivity index (χ4n) is 1.90. The number of hydrogen-bond acceptors (Lipinski definition) is 0. The number of nitrogens with zero attached hydrogens (tertiary/aromatic N) is 1. The van der Waals surface area contributed by atoms with E-state index in [0.717, 1.165) is 25.9 Å². The van der Waals surface area contributed by atoms with E-state index in [4.69, 9.17) is 0 Å². The topological polar surface area (TPSA) is 14.1 Å². The van der Waals surface area contributed by atoms with Crippen LogP contribution < -0.4 is 58.2 Å². The molecule has 1 aliphatic carbocycles. The molecule has 1 aliphatic heterocycles. The molecule has 1 heterocycles. The Bertz CT molecular complexity index is 282. The van der Waals surface area contributed by atoms with E-state index in [1.165, 1.54) is 11.1 Å². The Kier molecular flexibility index (Phi) is 5.68. The van der Waals surface area contributed by atoms with Gasteiger partial charge in [-0.05, 0) is 24.0 Å². The van der Waals surface area contributed by atoms with Gasteiger partial charge in [0, 0.05) is 5.41 Å². The Labute approximate surface area is 142 Å². The standard InChI is InChI=1S/C13H18N.Rb/c1-13(2)7-3-11-5-9-14-10-6-12(11)4-8-13;/h3-4,7-8H,5-6,9-10H2,1-2H3;/q-1;+1. The maximum Gasteiger partial charge on any atom is 1.00 e. The molecule has 2 heteroatoms. The largest absolute Gasteiger partial charge is 1.00 e. The van der Waals surface area contributed by atoms with Crippen LogP contribution >= 0.6 is 0 Å². The van der Waals surface area contributed by atoms with Crippen LogP contribution in [0.4, 0.5) is 0 Å². The first-order chi connectivity index (χ1) is 6.67. The van der Waals surface area contributed by atoms with E-state index in [9.17, 15) is 0 Å². The predicted molar refractivity (Wildman–Crippen MR) is 61.4 cm³/mol. The van der Waals surface area contributed by atoms with Crippen molar-refractivity contribution >= 4 is 0 Å². The van der Waals surface area contributed by atoms with Crippen LogP contribution in [0.1, 0.15) is 26.7 Å². The van der Waals surface area contributed by atoms with Gasteiger partial charge in [0.25, 0.3) is 0 Å². The fourth-order valence-corrected chi connectivity index (χ4v) is 1.90. The third kappa shape index (κ3) is 4.05. The van der Waals surface area contributed by atoms with Crippen LogP contribution in [-0.4, -0.2) is 13.1 Å². The maximum atomic E-state index is 4.45. The van der Waals surface area contributed by atoms with Crippen LogP contribution in [-0.2, 0) is 0 Å². The molecular weight excluding hydrogens is 256 g/mol. The van der Waals surface area contributed by atoms with Gasteiger partial charge in [0.05, 0.1) is 0 Å². The van der Waals surface area contributed by atoms with Crippen molar-refractivity contribution in [2.45, 2.75) is 26.7 Å². The number of rotatable bonds is 0. The minimum absolute atomic E-state index is 0. The second-order valence-corrected chi connectivity index (χ2v) is 4.71. The van der Waals surface area contributed by atoms with Gasteiger partial charge in [0.1, 0.15) is 0 Å². The molecule has 0 saturated heterocycles. The quantitative estimate of drug-likeness (QED) is 0.614. The van der Waals surface area contributed by atoms with E-state index in [1.807, 2.05) is 0 Å². The molecule has 0 amide bonds. The van der Waals surface area contributed by atoms with Crippen molar-refractivity contribution in [3.63, 3.8) is 0 Å². The van der Waals surface area contributed by atoms with Gasteiger partial charge in [-0.2, -0.15) is 0 Å². The molecule has 0 atom stereocenters. The van der Waals surface area contributed by atoms with E-state index < -0.39 is 0 Å². The summed E-state index contributed by atoms with van der Waals surface area (Å²) in [5.41, 5.74) is 3.20. The van der Waals surface area contributed by atoms with Crippen LogP contribution in [0, 0.1) is 5.41 Å². The van der Waals surface area contributed by atoms with Gasteiger partial charge in [-0.3, -0.25) is 0 Å². The predicted octanol–water partition coefficient (Wildman–Crippen LogP) is 0.607. The average molecular weight is 274 g/mol. The van der Waals surface area contributed by atoms with Gasteiger partial charge in [-0.15, -0.1) is 13.1 Å². The Hall–Kier alpha value is 0.985. The van der Waals surface area contributed by atoms with Crippen molar-refractivity contribution in [2.75, 3.05) is 13.1 Å². The zero-order chi connectivity index (χ0) is 10.0. The molecule has 0 N–H and O–H groups in total. The molecule has 0 bridgehead atoms. The average Bonchev–Trinajstić information content (AvgIpc) is 2.42. The van der Waals surface area contributed by atoms with Gasteiger partial charge in [0.2, 0.25) is 0 Å². The zero-order valence-electron chi connectivity index (χ0n) is 10.1. The summed E-state index contributed by atoms with van der Waals surface area (Å²) in [4.78, 5) is 0. The van der Waals surface area contributed by atoms with Crippen molar-refractivity contribution in [3.05, 3.63) is 40.8 Å². The first-order valence-corrected chi connectivity index (χ1v) is 5.41. The van der Waals surface area contributed by atoms with Crippen molar-refractivity contribution < 1.29 is 58.2 Å². The summed E-state index contributed by atoms with van der Waals surface area (Å²) >= 11 is 0. The van der Waals surface area contributed by atoms with Crippen molar-refractivity contribution in [2.24, 2.45) is 5.41 Å². The van der Waals surface area contributed by atoms with E-state index in [-0.39, 0.29) is 63.6 Å². The van der Waals surface area contributed by atoms with Crippen molar-refractivity contribution in [1.82, 2.24) is 0 Å². The zero-order valence-corrected chi connectivity index (χ0v) is 15.0. The first kappa shape index (κ1) is 14.0. The molecule has 0 aromatic heterocycles. The molecule has 0 unspecified atom stereocenters. The summed E-state index contributed by atoms with van der Waals surface area (Å²) in [6.45, 7) is 6.49. The summed E-state index contributed by atoms with van der Waals surface area (Å²) in [6, 6.07) is 0. The van der Waals surface area contributed by atoms with Gasteiger partial charge in [0.15, 0.2) is 0 Å². The monoisotopic (exact) mass is 273 g/mol. The van der Waals surface area contributed by atoms with Gasteiger partial charge < -0.3 is 5.32 Å². The van der Waals surface area contributed by atoms with Crippen molar-refractivity contribution in [1.29, 1.82) is 0 Å². The molecule has 0 fully saturated rings. The number of allylic oxidation sites excluding steroid dienone is 4. The molecule has 2 rings (SSSR count). The molecule has 76 valence electrons. The molecule has 2 aliphatic rings. The summed E-state index contributed by atoms with van der Waals surface area (Å²) < 4.78 is 0. The Morgan fingerprint density at radius 3 is 1.93 bits per heavy atom. The minimum Gasteiger partial charge on any atom is -0.662 e. The fraction of sp³-hybridized carbons (Fsp3) is 0.538. The Balaban J connectivity index is 0.00000112. The molecule has 0 saturated carbocycles. The minimum atomic E-state index is 0. The Morgan fingerprint density at radius 2 is 1.47 bits per heavy atom. The van der Waals surface area contributed by atoms with Crippen LogP contribution in [0.5, 0.6) is 0 Å². The van der Waals surface area contributed by atoms with Crippen LogP contribution in [0.3, 0.4) is 0 Å². The smallest absolute Gasteiger partial charge is 0.662 e. The molecule has 1 nitrogen and oxygen atoms in total. The van der Waals surface area contributed by atoms with E-state index in [2.05, 4.69) is 43.5 Å². The molecular formula is C13H18NRb. The molecule has 0 aromatic rings. The van der Waals surface area contributed by atoms with Gasteiger partial charge in [-0.1, -0.05) is 38.2 Å². The second kappa shape index (κ2) is 6.06. The molecule has 0 aromatic carbocycles. The van der Waals surface area contributed by atoms with E-state index in [0.29, 0.717) is 0 Å². The first-order valence-electron chi connectivity index (χ1n) is 5.41. The summed E-state index contributed by atoms with van der Waals surface area (Å²) in [5, 5.41) is 4.45. The van der Waals surface area contributed by atoms with Crippen molar-refractivity contribution in [3.8, 4) is 0 Å². The normalized spacial score (nSPS) is 23.9. The summed E-state index contributed by atoms with van der Waals surface area (Å²) in [5.74, 6) is 0. The molecule has 15 heavy (non-hydrogen) atoms. The van der Waals surface area contributed by atoms with E-state index in [1.54, 1.807) is 0 Å². The number of hydrogen-bond donors (Lipinski definition) is 0. The van der Waals surface area contributed by atoms with Crippen LogP contribution in [0.2, 0.25) is 0 Å². The third-order valence-electron chi connectivity index (χ3n) is 2.92. The van der Waals surface area contributed by atoms with Crippen LogP contribution in [0.15, 0.2) is 35.5 Å². The van der Waals surface area contributed by atoms with Gasteiger partial charge >= 0.3 is 58.2 Å². The Morgan fingerprint density at radius 1 is 1.00 bits per heavy atom. The molecule has 0 spiro atoms. The van der Waals surface area contributed by atoms with Crippen LogP contribution in [0.25, 0.3) is 5.32 Å². The molecule has 0 radical (unpaired) electrons. The van der Waals surface area contributed by atoms with Gasteiger partial charge in [-0.25, -0.2) is 0 Å². The summed E-state index contributed by atoms with van der Waals surface area (Å²) in [7, 11) is 0. The SMILES string of the molecule is CC1(C)C=CC2=C(C=C1)CC[N-]CC2.[Rb+]. The third-order valence-corrected chi connectivity index (χ3v) is 2.92. The maximum absolute atomic E-state index is 4.45. The van der Waals surface area contributed by atoms with E-state index >= 15 is 0 Å².